The van der Waals surface area contributed by atoms with Gasteiger partial charge in [-0.1, -0.05) is 32.8 Å². The van der Waals surface area contributed by atoms with E-state index in [2.05, 4.69) is 24.1 Å². The van der Waals surface area contributed by atoms with E-state index < -0.39 is 5.54 Å². The molecule has 0 bridgehead atoms. The van der Waals surface area contributed by atoms with E-state index in [4.69, 9.17) is 0 Å². The van der Waals surface area contributed by atoms with Crippen molar-refractivity contribution in [1.29, 1.82) is 0 Å². The van der Waals surface area contributed by atoms with Gasteiger partial charge >= 0.3 is 0 Å². The van der Waals surface area contributed by atoms with Gasteiger partial charge in [-0.25, -0.2) is 0 Å². The van der Waals surface area contributed by atoms with Gasteiger partial charge in [0.05, 0.1) is 16.8 Å². The van der Waals surface area contributed by atoms with Crippen molar-refractivity contribution in [3.05, 3.63) is 53.3 Å². The Hall–Kier alpha value is -2.67. The molecule has 0 spiro atoms. The summed E-state index contributed by atoms with van der Waals surface area (Å²) in [6, 6.07) is 7.96. The maximum Gasteiger partial charge on any atom is 0.271 e. The second-order valence-electron chi connectivity index (χ2n) is 9.66. The zero-order valence-electron chi connectivity index (χ0n) is 18.9. The van der Waals surface area contributed by atoms with E-state index in [9.17, 15) is 9.59 Å². The molecule has 168 valence electrons. The number of nitrogens with one attached hydrogen (secondary N) is 1. The summed E-state index contributed by atoms with van der Waals surface area (Å²) >= 11 is 1.62. The first-order valence-corrected chi connectivity index (χ1v) is 12.3. The number of thiophene rings is 1. The summed E-state index contributed by atoms with van der Waals surface area (Å²) in [5.74, 6) is 0.838. The zero-order chi connectivity index (χ0) is 22.5. The molecule has 5 rings (SSSR count). The normalized spacial score (nSPS) is 28.0. The summed E-state index contributed by atoms with van der Waals surface area (Å²) in [7, 11) is 0. The van der Waals surface area contributed by atoms with Crippen molar-refractivity contribution in [2.24, 2.45) is 11.8 Å². The number of carbonyl (C=O) groups excluding carboxylic acids is 2. The van der Waals surface area contributed by atoms with E-state index in [1.54, 1.807) is 28.6 Å². The van der Waals surface area contributed by atoms with Crippen molar-refractivity contribution in [3.63, 3.8) is 0 Å². The number of fused-ring (bicyclic) bond motifs is 3. The molecule has 1 aliphatic heterocycles. The predicted molar refractivity (Wildman–Crippen MR) is 126 cm³/mol. The molecule has 0 aromatic carbocycles. The lowest BCUT2D eigenvalue weighted by Gasteiger charge is -2.45. The van der Waals surface area contributed by atoms with Crippen LogP contribution in [0.3, 0.4) is 0 Å². The Balaban J connectivity index is 1.52. The molecule has 3 aromatic rings. The van der Waals surface area contributed by atoms with Crippen LogP contribution in [0, 0.1) is 11.8 Å². The van der Waals surface area contributed by atoms with Crippen LogP contribution < -0.4 is 5.32 Å². The Bertz CT molecular complexity index is 1150. The highest BCUT2D eigenvalue weighted by Gasteiger charge is 2.48. The third-order valence-electron chi connectivity index (χ3n) is 7.62. The standard InChI is InChI=1S/C25H30N4O2S/c1-16-6-4-8-19(17(16)2)27-24(31)25(3)15-28-20-9-11-32-22(20)12-21(28)23(30)29(25)14-18-7-5-10-26-13-18/h5,7,9-13,16-17,19H,4,6,8,14-15H2,1-3H3,(H,27,31). The summed E-state index contributed by atoms with van der Waals surface area (Å²) in [5, 5.41) is 5.39. The highest BCUT2D eigenvalue weighted by atomic mass is 32.1. The second kappa shape index (κ2) is 8.03. The molecule has 3 aromatic heterocycles. The summed E-state index contributed by atoms with van der Waals surface area (Å²) in [4.78, 5) is 33.5. The average molecular weight is 451 g/mol. The van der Waals surface area contributed by atoms with Crippen LogP contribution in [-0.2, 0) is 17.9 Å². The number of carbonyl (C=O) groups is 2. The van der Waals surface area contributed by atoms with Crippen molar-refractivity contribution >= 4 is 33.4 Å². The molecular formula is C25H30N4O2S. The molecule has 2 aliphatic rings. The number of rotatable bonds is 4. The van der Waals surface area contributed by atoms with Crippen LogP contribution in [0.4, 0.5) is 0 Å². The second-order valence-corrected chi connectivity index (χ2v) is 10.6. The Labute approximate surface area is 192 Å². The number of aromatic nitrogens is 2. The number of amides is 2. The first kappa shape index (κ1) is 21.2. The van der Waals surface area contributed by atoms with Crippen molar-refractivity contribution in [2.75, 3.05) is 0 Å². The summed E-state index contributed by atoms with van der Waals surface area (Å²) in [5.41, 5.74) is 1.61. The van der Waals surface area contributed by atoms with E-state index in [1.165, 1.54) is 6.42 Å². The van der Waals surface area contributed by atoms with Crippen molar-refractivity contribution in [2.45, 2.75) is 64.7 Å². The summed E-state index contributed by atoms with van der Waals surface area (Å²) in [6.07, 6.45) is 6.82. The van der Waals surface area contributed by atoms with Gasteiger partial charge in [0.2, 0.25) is 5.91 Å². The molecule has 0 radical (unpaired) electrons. The first-order valence-electron chi connectivity index (χ1n) is 11.5. The molecule has 1 aliphatic carbocycles. The van der Waals surface area contributed by atoms with Crippen LogP contribution >= 0.6 is 11.3 Å². The Kier molecular flexibility index (Phi) is 5.32. The average Bonchev–Trinajstić information content (AvgIpc) is 3.37. The van der Waals surface area contributed by atoms with Crippen molar-refractivity contribution < 1.29 is 9.59 Å². The van der Waals surface area contributed by atoms with Gasteiger partial charge in [-0.05, 0) is 54.3 Å². The van der Waals surface area contributed by atoms with Crippen molar-refractivity contribution in [3.8, 4) is 0 Å². The fraction of sp³-hybridized carbons (Fsp3) is 0.480. The van der Waals surface area contributed by atoms with Crippen LogP contribution in [-0.4, -0.2) is 37.8 Å². The molecule has 2 amide bonds. The number of hydrogen-bond acceptors (Lipinski definition) is 4. The predicted octanol–water partition coefficient (Wildman–Crippen LogP) is 4.45. The van der Waals surface area contributed by atoms with E-state index in [0.29, 0.717) is 30.6 Å². The van der Waals surface area contributed by atoms with Gasteiger partial charge in [0.25, 0.3) is 5.91 Å². The Morgan fingerprint density at radius 1 is 1.31 bits per heavy atom. The minimum Gasteiger partial charge on any atom is -0.351 e. The lowest BCUT2D eigenvalue weighted by atomic mass is 9.77. The Morgan fingerprint density at radius 2 is 2.16 bits per heavy atom. The molecule has 4 atom stereocenters. The van der Waals surface area contributed by atoms with Crippen LogP contribution in [0.5, 0.6) is 0 Å². The fourth-order valence-electron chi connectivity index (χ4n) is 5.30. The molecular weight excluding hydrogens is 420 g/mol. The molecule has 4 unspecified atom stereocenters. The highest BCUT2D eigenvalue weighted by molar-refractivity contribution is 7.17. The van der Waals surface area contributed by atoms with Gasteiger partial charge in [-0.3, -0.25) is 14.6 Å². The number of pyridine rings is 1. The van der Waals surface area contributed by atoms with E-state index >= 15 is 0 Å². The number of nitrogens with zero attached hydrogens (tertiary/aromatic N) is 3. The molecule has 6 nitrogen and oxygen atoms in total. The zero-order valence-corrected chi connectivity index (χ0v) is 19.7. The van der Waals surface area contributed by atoms with Crippen LogP contribution in [0.2, 0.25) is 0 Å². The van der Waals surface area contributed by atoms with Gasteiger partial charge in [0.15, 0.2) is 0 Å². The van der Waals surface area contributed by atoms with Gasteiger partial charge in [-0.15, -0.1) is 11.3 Å². The molecule has 32 heavy (non-hydrogen) atoms. The maximum absolute atomic E-state index is 13.9. The van der Waals surface area contributed by atoms with Gasteiger partial charge in [0.1, 0.15) is 11.2 Å². The largest absolute Gasteiger partial charge is 0.351 e. The monoisotopic (exact) mass is 450 g/mol. The molecule has 7 heteroatoms. The molecule has 1 fully saturated rings. The maximum atomic E-state index is 13.9. The first-order chi connectivity index (χ1) is 15.4. The molecule has 1 N–H and O–H groups in total. The SMILES string of the molecule is CC1CCCC(NC(=O)C2(C)Cn3c(cc4sccc43)C(=O)N2Cc2cccnc2)C1C. The van der Waals surface area contributed by atoms with Gasteiger partial charge < -0.3 is 14.8 Å². The van der Waals surface area contributed by atoms with Crippen LogP contribution in [0.1, 0.15) is 56.1 Å². The van der Waals surface area contributed by atoms with Gasteiger partial charge in [0, 0.05) is 25.0 Å². The van der Waals surface area contributed by atoms with E-state index in [1.807, 2.05) is 41.1 Å². The topological polar surface area (TPSA) is 67.2 Å². The minimum atomic E-state index is -0.992. The molecule has 0 saturated heterocycles. The minimum absolute atomic E-state index is 0.0663. The Morgan fingerprint density at radius 3 is 2.94 bits per heavy atom. The van der Waals surface area contributed by atoms with E-state index in [0.717, 1.165) is 28.6 Å². The molecule has 1 saturated carbocycles. The lowest BCUT2D eigenvalue weighted by molar-refractivity contribution is -0.134. The third kappa shape index (κ3) is 3.43. The number of hydrogen-bond donors (Lipinski definition) is 1. The third-order valence-corrected chi connectivity index (χ3v) is 8.48. The summed E-state index contributed by atoms with van der Waals surface area (Å²) in [6.45, 7) is 7.20. The summed E-state index contributed by atoms with van der Waals surface area (Å²) < 4.78 is 3.11. The molecule has 4 heterocycles. The smallest absolute Gasteiger partial charge is 0.271 e. The van der Waals surface area contributed by atoms with Crippen molar-refractivity contribution in [1.82, 2.24) is 19.8 Å². The van der Waals surface area contributed by atoms with Gasteiger partial charge in [-0.2, -0.15) is 0 Å². The highest BCUT2D eigenvalue weighted by Crippen LogP contribution is 2.36. The quantitative estimate of drug-likeness (QED) is 0.638. The lowest BCUT2D eigenvalue weighted by Crippen LogP contribution is -2.65. The fourth-order valence-corrected chi connectivity index (χ4v) is 6.13. The van der Waals surface area contributed by atoms with Crippen LogP contribution in [0.25, 0.3) is 10.2 Å². The van der Waals surface area contributed by atoms with E-state index in [-0.39, 0.29) is 17.9 Å². The van der Waals surface area contributed by atoms with Crippen LogP contribution in [0.15, 0.2) is 42.0 Å².